The fraction of sp³-hybridized carbons (Fsp3) is 0.778. The summed E-state index contributed by atoms with van der Waals surface area (Å²) in [6.07, 6.45) is 8.18. The molecule has 1 spiro atoms. The Morgan fingerprint density at radius 2 is 2.23 bits per heavy atom. The summed E-state index contributed by atoms with van der Waals surface area (Å²) in [5.41, 5.74) is -0.418. The van der Waals surface area contributed by atoms with Crippen LogP contribution in [0.3, 0.4) is 0 Å². The number of allylic oxidation sites excluding steroid dienone is 2. The van der Waals surface area contributed by atoms with Crippen molar-refractivity contribution >= 4 is 11.8 Å². The molecule has 3 aliphatic carbocycles. The normalized spacial score (nSPS) is 51.2. The van der Waals surface area contributed by atoms with Crippen molar-refractivity contribution in [1.29, 1.82) is 0 Å². The Kier molecular flexibility index (Phi) is 2.77. The molecule has 22 heavy (non-hydrogen) atoms. The van der Waals surface area contributed by atoms with E-state index in [1.165, 1.54) is 7.11 Å². The molecule has 5 aliphatic rings. The average molecular weight is 304 g/mol. The zero-order chi connectivity index (χ0) is 15.8. The van der Waals surface area contributed by atoms with Crippen LogP contribution in [-0.4, -0.2) is 30.6 Å². The molecular formula is C18H24O4. The molecule has 6 atom stereocenters. The van der Waals surface area contributed by atoms with Crippen LogP contribution in [0.4, 0.5) is 0 Å². The molecule has 2 saturated carbocycles. The quantitative estimate of drug-likeness (QED) is 0.752. The fourth-order valence-corrected chi connectivity index (χ4v) is 6.10. The summed E-state index contributed by atoms with van der Waals surface area (Å²) < 4.78 is 11.1. The fourth-order valence-electron chi connectivity index (χ4n) is 6.10. The van der Waals surface area contributed by atoms with E-state index in [2.05, 4.69) is 13.0 Å². The van der Waals surface area contributed by atoms with Crippen LogP contribution in [0.2, 0.25) is 0 Å². The number of hydrogen-bond acceptors (Lipinski definition) is 4. The van der Waals surface area contributed by atoms with Crippen molar-refractivity contribution < 1.29 is 19.1 Å². The van der Waals surface area contributed by atoms with Gasteiger partial charge in [0.1, 0.15) is 0 Å². The molecule has 4 fully saturated rings. The summed E-state index contributed by atoms with van der Waals surface area (Å²) in [5.74, 6) is 0.733. The summed E-state index contributed by atoms with van der Waals surface area (Å²) in [4.78, 5) is 24.3. The minimum atomic E-state index is -0.510. The van der Waals surface area contributed by atoms with Gasteiger partial charge in [-0.1, -0.05) is 13.0 Å². The van der Waals surface area contributed by atoms with Crippen molar-refractivity contribution in [2.45, 2.75) is 57.7 Å². The molecule has 0 radical (unpaired) electrons. The summed E-state index contributed by atoms with van der Waals surface area (Å²) in [7, 11) is 1.40. The van der Waals surface area contributed by atoms with E-state index in [4.69, 9.17) is 9.47 Å². The molecule has 0 aromatic rings. The smallest absolute Gasteiger partial charge is 0.305 e. The maximum absolute atomic E-state index is 12.7. The first-order valence-electron chi connectivity index (χ1n) is 8.31. The van der Waals surface area contributed by atoms with Gasteiger partial charge in [0.25, 0.3) is 0 Å². The predicted octanol–water partition coefficient (Wildman–Crippen LogP) is 2.66. The predicted molar refractivity (Wildman–Crippen MR) is 80.0 cm³/mol. The van der Waals surface area contributed by atoms with Crippen molar-refractivity contribution in [3.05, 3.63) is 12.2 Å². The third-order valence-electron chi connectivity index (χ3n) is 6.99. The van der Waals surface area contributed by atoms with Gasteiger partial charge in [0.05, 0.1) is 18.8 Å². The third kappa shape index (κ3) is 1.62. The molecule has 2 saturated heterocycles. The molecule has 2 heterocycles. The van der Waals surface area contributed by atoms with Gasteiger partial charge >= 0.3 is 5.97 Å². The average Bonchev–Trinajstić information content (AvgIpc) is 2.83. The molecule has 0 N–H and O–H groups in total. The molecule has 0 aromatic heterocycles. The Bertz CT molecular complexity index is 582. The summed E-state index contributed by atoms with van der Waals surface area (Å²) in [5, 5.41) is 0. The maximum atomic E-state index is 12.7. The minimum Gasteiger partial charge on any atom is -0.469 e. The van der Waals surface area contributed by atoms with Gasteiger partial charge in [0, 0.05) is 17.8 Å². The zero-order valence-corrected chi connectivity index (χ0v) is 13.6. The van der Waals surface area contributed by atoms with Crippen LogP contribution in [0.5, 0.6) is 0 Å². The lowest BCUT2D eigenvalue weighted by molar-refractivity contribution is -0.170. The highest BCUT2D eigenvalue weighted by atomic mass is 16.5. The van der Waals surface area contributed by atoms with Crippen molar-refractivity contribution in [2.75, 3.05) is 7.11 Å². The minimum absolute atomic E-state index is 0.00481. The topological polar surface area (TPSA) is 52.6 Å². The van der Waals surface area contributed by atoms with E-state index in [9.17, 15) is 9.59 Å². The SMILES string of the molecule is COC(=O)CC[C@]1(C)C(=O)C=CC23CC4CC(OC4(C)C2)C31. The number of carbonyl (C=O) groups excluding carboxylic acids is 2. The second-order valence-corrected chi connectivity index (χ2v) is 8.18. The summed E-state index contributed by atoms with van der Waals surface area (Å²) in [6, 6.07) is 0. The van der Waals surface area contributed by atoms with E-state index in [1.807, 2.05) is 6.92 Å². The Morgan fingerprint density at radius 1 is 1.45 bits per heavy atom. The number of esters is 1. The van der Waals surface area contributed by atoms with Gasteiger partial charge in [-0.3, -0.25) is 9.59 Å². The molecule has 4 heteroatoms. The molecule has 120 valence electrons. The van der Waals surface area contributed by atoms with Gasteiger partial charge < -0.3 is 9.47 Å². The van der Waals surface area contributed by atoms with Crippen LogP contribution in [0, 0.1) is 22.7 Å². The van der Waals surface area contributed by atoms with Gasteiger partial charge in [0.2, 0.25) is 0 Å². The van der Waals surface area contributed by atoms with Crippen molar-refractivity contribution in [2.24, 2.45) is 22.7 Å². The highest BCUT2D eigenvalue weighted by molar-refractivity contribution is 5.96. The number of ketones is 1. The van der Waals surface area contributed by atoms with E-state index in [0.29, 0.717) is 18.8 Å². The number of carbonyl (C=O) groups is 2. The van der Waals surface area contributed by atoms with Gasteiger partial charge in [-0.15, -0.1) is 0 Å². The van der Waals surface area contributed by atoms with Crippen molar-refractivity contribution in [1.82, 2.24) is 0 Å². The Hall–Kier alpha value is -1.16. The highest BCUT2D eigenvalue weighted by Gasteiger charge is 2.71. The Labute approximate surface area is 131 Å². The van der Waals surface area contributed by atoms with Crippen molar-refractivity contribution in [3.63, 3.8) is 0 Å². The van der Waals surface area contributed by atoms with Gasteiger partial charge in [0.15, 0.2) is 5.78 Å². The van der Waals surface area contributed by atoms with Crippen LogP contribution in [0.25, 0.3) is 0 Å². The molecule has 5 unspecified atom stereocenters. The number of hydrogen-bond donors (Lipinski definition) is 0. The molecule has 0 amide bonds. The van der Waals surface area contributed by atoms with E-state index < -0.39 is 5.41 Å². The monoisotopic (exact) mass is 304 g/mol. The van der Waals surface area contributed by atoms with Gasteiger partial charge in [-0.25, -0.2) is 0 Å². The maximum Gasteiger partial charge on any atom is 0.305 e. The van der Waals surface area contributed by atoms with E-state index in [1.54, 1.807) is 6.08 Å². The second kappa shape index (κ2) is 4.22. The molecule has 2 aliphatic heterocycles. The first-order valence-corrected chi connectivity index (χ1v) is 8.31. The highest BCUT2D eigenvalue weighted by Crippen LogP contribution is 2.71. The molecular weight excluding hydrogens is 280 g/mol. The third-order valence-corrected chi connectivity index (χ3v) is 6.99. The zero-order valence-electron chi connectivity index (χ0n) is 13.6. The van der Waals surface area contributed by atoms with Crippen molar-refractivity contribution in [3.8, 4) is 0 Å². The standard InChI is InChI=1S/C18H24O4/c1-16(6-5-14(20)21-3)13(19)4-7-18-9-11-8-12(15(16)18)22-17(11,2)10-18/h4,7,11-12,15H,5-6,8-10H2,1-3H3/t11?,12?,15?,16-,17?,18?/m1/s1. The van der Waals surface area contributed by atoms with Crippen LogP contribution < -0.4 is 0 Å². The Morgan fingerprint density at radius 3 is 2.91 bits per heavy atom. The van der Waals surface area contributed by atoms with Gasteiger partial charge in [-0.2, -0.15) is 0 Å². The summed E-state index contributed by atoms with van der Waals surface area (Å²) >= 11 is 0. The second-order valence-electron chi connectivity index (χ2n) is 8.18. The lowest BCUT2D eigenvalue weighted by Crippen LogP contribution is -2.56. The van der Waals surface area contributed by atoms with Crippen LogP contribution in [0.1, 0.15) is 46.0 Å². The first-order chi connectivity index (χ1) is 10.3. The Balaban J connectivity index is 1.70. The number of ether oxygens (including phenoxy) is 2. The molecule has 4 bridgehead atoms. The first kappa shape index (κ1) is 14.4. The van der Waals surface area contributed by atoms with E-state index in [-0.39, 0.29) is 34.8 Å². The largest absolute Gasteiger partial charge is 0.469 e. The number of rotatable bonds is 3. The number of methoxy groups -OCH3 is 1. The molecule has 4 nitrogen and oxygen atoms in total. The lowest BCUT2D eigenvalue weighted by atomic mass is 9.51. The molecule has 0 aromatic carbocycles. The molecule has 5 rings (SSSR count). The lowest BCUT2D eigenvalue weighted by Gasteiger charge is -2.55. The van der Waals surface area contributed by atoms with Crippen LogP contribution in [0.15, 0.2) is 12.2 Å². The van der Waals surface area contributed by atoms with E-state index in [0.717, 1.165) is 19.3 Å². The van der Waals surface area contributed by atoms with Gasteiger partial charge in [-0.05, 0) is 50.0 Å². The van der Waals surface area contributed by atoms with Crippen LogP contribution >= 0.6 is 0 Å². The van der Waals surface area contributed by atoms with Crippen LogP contribution in [-0.2, 0) is 19.1 Å². The van der Waals surface area contributed by atoms with E-state index >= 15 is 0 Å². The summed E-state index contributed by atoms with van der Waals surface area (Å²) in [6.45, 7) is 4.27.